The summed E-state index contributed by atoms with van der Waals surface area (Å²) >= 11 is 0. The first-order valence-electron chi connectivity index (χ1n) is 9.43. The molecule has 7 nitrogen and oxygen atoms in total. The Bertz CT molecular complexity index is 864. The summed E-state index contributed by atoms with van der Waals surface area (Å²) in [5.41, 5.74) is -0.577. The summed E-state index contributed by atoms with van der Waals surface area (Å²) < 4.78 is 13.7. The molecule has 1 aromatic heterocycles. The Morgan fingerprint density at radius 3 is 2.36 bits per heavy atom. The number of amides is 2. The number of anilines is 1. The number of nitrogens with one attached hydrogen (secondary N) is 1. The third-order valence-corrected chi connectivity index (χ3v) is 5.39. The van der Waals surface area contributed by atoms with Crippen LogP contribution in [0.15, 0.2) is 42.7 Å². The molecule has 28 heavy (non-hydrogen) atoms. The van der Waals surface area contributed by atoms with Crippen LogP contribution in [-0.2, 0) is 16.1 Å². The van der Waals surface area contributed by atoms with E-state index in [1.54, 1.807) is 41.6 Å². The maximum atomic E-state index is 13.7. The summed E-state index contributed by atoms with van der Waals surface area (Å²) in [6, 6.07) is 8.07. The number of aromatic nitrogens is 2. The molecule has 2 amide bonds. The smallest absolute Gasteiger partial charge is 0.238 e. The van der Waals surface area contributed by atoms with E-state index >= 15 is 0 Å². The summed E-state index contributed by atoms with van der Waals surface area (Å²) in [5.74, 6) is -0.154. The van der Waals surface area contributed by atoms with Crippen molar-refractivity contribution in [1.29, 1.82) is 0 Å². The Balaban J connectivity index is 1.34. The maximum absolute atomic E-state index is 13.7. The molecular formula is C20H22FN5O2. The number of hydrogen-bond acceptors (Lipinski definition) is 5. The van der Waals surface area contributed by atoms with Crippen LogP contribution in [0.5, 0.6) is 0 Å². The number of benzene rings is 1. The molecule has 146 valence electrons. The molecule has 0 radical (unpaired) electrons. The molecule has 8 heteroatoms. The fourth-order valence-electron chi connectivity index (χ4n) is 3.52. The maximum Gasteiger partial charge on any atom is 0.238 e. The third-order valence-electron chi connectivity index (χ3n) is 5.39. The van der Waals surface area contributed by atoms with Gasteiger partial charge in [-0.25, -0.2) is 14.4 Å². The van der Waals surface area contributed by atoms with Crippen LogP contribution in [-0.4, -0.2) is 52.9 Å². The molecule has 2 aromatic rings. The van der Waals surface area contributed by atoms with Crippen molar-refractivity contribution in [3.8, 4) is 0 Å². The molecular weight excluding hydrogens is 361 g/mol. The minimum Gasteiger partial charge on any atom is -0.351 e. The van der Waals surface area contributed by atoms with Crippen LogP contribution < -0.4 is 10.2 Å². The highest BCUT2D eigenvalue weighted by atomic mass is 19.1. The van der Waals surface area contributed by atoms with E-state index < -0.39 is 5.41 Å². The summed E-state index contributed by atoms with van der Waals surface area (Å²) in [6.07, 6.45) is 4.46. The fraction of sp³-hybridized carbons (Fsp3) is 0.400. The number of carbonyl (C=O) groups is 2. The summed E-state index contributed by atoms with van der Waals surface area (Å²) in [7, 11) is 0. The first kappa shape index (κ1) is 18.3. The van der Waals surface area contributed by atoms with Crippen LogP contribution in [0, 0.1) is 11.2 Å². The molecule has 2 heterocycles. The standard InChI is InChI=1S/C20H22FN5O2/c21-16-5-2-1-4-15(16)14-24-17(27)20(6-7-20)18(28)25-10-12-26(13-11-25)19-22-8-3-9-23-19/h1-5,8-9H,6-7,10-14H2,(H,24,27). The van der Waals surface area contributed by atoms with E-state index in [4.69, 9.17) is 0 Å². The van der Waals surface area contributed by atoms with Gasteiger partial charge in [0.2, 0.25) is 17.8 Å². The predicted molar refractivity (Wildman–Crippen MR) is 101 cm³/mol. The lowest BCUT2D eigenvalue weighted by Crippen LogP contribution is -2.53. The van der Waals surface area contributed by atoms with E-state index in [0.29, 0.717) is 50.5 Å². The second-order valence-corrected chi connectivity index (χ2v) is 7.18. The number of nitrogens with zero attached hydrogens (tertiary/aromatic N) is 4. The summed E-state index contributed by atoms with van der Waals surface area (Å²) in [4.78, 5) is 37.9. The van der Waals surface area contributed by atoms with Gasteiger partial charge in [0.05, 0.1) is 0 Å². The molecule has 0 atom stereocenters. The van der Waals surface area contributed by atoms with Crippen LogP contribution in [0.25, 0.3) is 0 Å². The van der Waals surface area contributed by atoms with Gasteiger partial charge in [-0.3, -0.25) is 9.59 Å². The number of halogens is 1. The molecule has 1 aliphatic carbocycles. The third kappa shape index (κ3) is 3.54. The van der Waals surface area contributed by atoms with Crippen molar-refractivity contribution in [2.45, 2.75) is 19.4 Å². The topological polar surface area (TPSA) is 78.4 Å². The Hall–Kier alpha value is -3.03. The number of carbonyl (C=O) groups excluding carboxylic acids is 2. The number of rotatable bonds is 5. The van der Waals surface area contributed by atoms with E-state index in [0.717, 1.165) is 0 Å². The van der Waals surface area contributed by atoms with Gasteiger partial charge in [0.1, 0.15) is 11.2 Å². The van der Waals surface area contributed by atoms with Crippen LogP contribution in [0.1, 0.15) is 18.4 Å². The van der Waals surface area contributed by atoms with E-state index in [1.807, 2.05) is 4.90 Å². The van der Waals surface area contributed by atoms with Gasteiger partial charge >= 0.3 is 0 Å². The molecule has 0 bridgehead atoms. The minimum atomic E-state index is -0.989. The number of hydrogen-bond donors (Lipinski definition) is 1. The van der Waals surface area contributed by atoms with Gasteiger partial charge in [-0.05, 0) is 25.0 Å². The average Bonchev–Trinajstić information content (AvgIpc) is 3.55. The lowest BCUT2D eigenvalue weighted by molar-refractivity contribution is -0.144. The molecule has 1 aromatic carbocycles. The molecule has 1 saturated carbocycles. The summed E-state index contributed by atoms with van der Waals surface area (Å²) in [5, 5.41) is 2.74. The molecule has 0 spiro atoms. The molecule has 1 aliphatic heterocycles. The van der Waals surface area contributed by atoms with Crippen molar-refractivity contribution in [2.24, 2.45) is 5.41 Å². The average molecular weight is 383 g/mol. The van der Waals surface area contributed by atoms with Gasteiger partial charge in [0, 0.05) is 50.7 Å². The SMILES string of the molecule is O=C(NCc1ccccc1F)C1(C(=O)N2CCN(c3ncccn3)CC2)CC1. The van der Waals surface area contributed by atoms with Gasteiger partial charge in [-0.1, -0.05) is 18.2 Å². The van der Waals surface area contributed by atoms with Crippen molar-refractivity contribution >= 4 is 17.8 Å². The van der Waals surface area contributed by atoms with Gasteiger partial charge < -0.3 is 15.1 Å². The Labute approximate surface area is 162 Å². The second-order valence-electron chi connectivity index (χ2n) is 7.18. The van der Waals surface area contributed by atoms with Crippen molar-refractivity contribution < 1.29 is 14.0 Å². The first-order valence-corrected chi connectivity index (χ1v) is 9.43. The highest BCUT2D eigenvalue weighted by Gasteiger charge is 2.58. The van der Waals surface area contributed by atoms with Crippen molar-refractivity contribution in [3.63, 3.8) is 0 Å². The highest BCUT2D eigenvalue weighted by Crippen LogP contribution is 2.47. The monoisotopic (exact) mass is 383 g/mol. The summed E-state index contributed by atoms with van der Waals surface area (Å²) in [6.45, 7) is 2.39. The largest absolute Gasteiger partial charge is 0.351 e. The zero-order valence-corrected chi connectivity index (χ0v) is 15.5. The second kappa shape index (κ2) is 7.53. The van der Waals surface area contributed by atoms with E-state index in [9.17, 15) is 14.0 Å². The highest BCUT2D eigenvalue weighted by molar-refractivity contribution is 6.07. The first-order chi connectivity index (χ1) is 13.6. The lowest BCUT2D eigenvalue weighted by Gasteiger charge is -2.36. The fourth-order valence-corrected chi connectivity index (χ4v) is 3.52. The minimum absolute atomic E-state index is 0.0830. The molecule has 1 saturated heterocycles. The molecule has 4 rings (SSSR count). The normalized spacial score (nSPS) is 17.9. The van der Waals surface area contributed by atoms with Crippen LogP contribution in [0.4, 0.5) is 10.3 Å². The Kier molecular flexibility index (Phi) is 4.93. The predicted octanol–water partition coefficient (Wildman–Crippen LogP) is 1.36. The molecule has 2 aliphatic rings. The van der Waals surface area contributed by atoms with Crippen LogP contribution >= 0.6 is 0 Å². The van der Waals surface area contributed by atoms with Gasteiger partial charge in [-0.15, -0.1) is 0 Å². The van der Waals surface area contributed by atoms with E-state index in [-0.39, 0.29) is 24.2 Å². The van der Waals surface area contributed by atoms with Gasteiger partial charge in [0.15, 0.2) is 0 Å². The zero-order valence-electron chi connectivity index (χ0n) is 15.5. The van der Waals surface area contributed by atoms with Gasteiger partial charge in [0.25, 0.3) is 0 Å². The molecule has 0 unspecified atom stereocenters. The van der Waals surface area contributed by atoms with Crippen LogP contribution in [0.2, 0.25) is 0 Å². The lowest BCUT2D eigenvalue weighted by atomic mass is 10.0. The Morgan fingerprint density at radius 2 is 1.71 bits per heavy atom. The van der Waals surface area contributed by atoms with E-state index in [1.165, 1.54) is 6.07 Å². The van der Waals surface area contributed by atoms with Crippen LogP contribution in [0.3, 0.4) is 0 Å². The zero-order chi connectivity index (χ0) is 19.6. The quantitative estimate of drug-likeness (QED) is 0.789. The van der Waals surface area contributed by atoms with Gasteiger partial charge in [-0.2, -0.15) is 0 Å². The molecule has 2 fully saturated rings. The van der Waals surface area contributed by atoms with Crippen molar-refractivity contribution in [3.05, 3.63) is 54.1 Å². The van der Waals surface area contributed by atoms with Crippen molar-refractivity contribution in [2.75, 3.05) is 31.1 Å². The number of piperazine rings is 1. The van der Waals surface area contributed by atoms with Crippen molar-refractivity contribution in [1.82, 2.24) is 20.2 Å². The van der Waals surface area contributed by atoms with E-state index in [2.05, 4.69) is 15.3 Å². The Morgan fingerprint density at radius 1 is 1.04 bits per heavy atom. The molecule has 1 N–H and O–H groups in total.